The molecule has 0 unspecified atom stereocenters. The van der Waals surface area contributed by atoms with Gasteiger partial charge in [0.05, 0.1) is 0 Å². The molecule has 0 aliphatic heterocycles. The van der Waals surface area contributed by atoms with Crippen molar-refractivity contribution in [1.29, 1.82) is 0 Å². The van der Waals surface area contributed by atoms with Crippen LogP contribution in [0, 0.1) is 0 Å². The molecule has 0 radical (unpaired) electrons. The van der Waals surface area contributed by atoms with Gasteiger partial charge >= 0.3 is 9.08 Å². The molecule has 8 heavy (non-hydrogen) atoms. The van der Waals surface area contributed by atoms with Gasteiger partial charge in [-0.1, -0.05) is 0 Å². The fourth-order valence-corrected chi connectivity index (χ4v) is 0.908. The molecular formula is C3H8F3NSi. The lowest BCUT2D eigenvalue weighted by Gasteiger charge is -1.97. The van der Waals surface area contributed by atoms with E-state index in [1.807, 2.05) is 0 Å². The zero-order valence-corrected chi connectivity index (χ0v) is 5.33. The molecule has 0 aliphatic carbocycles. The van der Waals surface area contributed by atoms with Crippen LogP contribution in [0.1, 0.15) is 6.42 Å². The Morgan fingerprint density at radius 2 is 1.75 bits per heavy atom. The Labute approximate surface area is 47.2 Å². The maximum atomic E-state index is 11.3. The molecule has 0 spiro atoms. The fourth-order valence-electron chi connectivity index (χ4n) is 0.303. The summed E-state index contributed by atoms with van der Waals surface area (Å²) < 4.78 is 34.0. The largest absolute Gasteiger partial charge is 0.616 e. The monoisotopic (exact) mass is 143 g/mol. The lowest BCUT2D eigenvalue weighted by molar-refractivity contribution is 0.464. The molecule has 0 aromatic carbocycles. The predicted molar refractivity (Wildman–Crippen MR) is 27.6 cm³/mol. The van der Waals surface area contributed by atoms with Gasteiger partial charge in [0, 0.05) is 6.04 Å². The number of hydrogen-bond acceptors (Lipinski definition) is 1. The van der Waals surface area contributed by atoms with Gasteiger partial charge in [-0.2, -0.15) is 0 Å². The topological polar surface area (TPSA) is 26.0 Å². The first-order chi connectivity index (χ1) is 3.56. The van der Waals surface area contributed by atoms with Gasteiger partial charge < -0.3 is 5.73 Å². The van der Waals surface area contributed by atoms with Crippen molar-refractivity contribution in [1.82, 2.24) is 0 Å². The maximum Gasteiger partial charge on any atom is 0.616 e. The first kappa shape index (κ1) is 7.97. The molecule has 0 saturated heterocycles. The first-order valence-electron chi connectivity index (χ1n) is 2.33. The zero-order valence-electron chi connectivity index (χ0n) is 4.33. The summed E-state index contributed by atoms with van der Waals surface area (Å²) in [4.78, 5) is 0. The Kier molecular flexibility index (Phi) is 3.07. The molecule has 0 bridgehead atoms. The normalized spacial score (nSPS) is 12.0. The summed E-state index contributed by atoms with van der Waals surface area (Å²) in [5, 5.41) is 0. The molecule has 5 heteroatoms. The molecule has 0 aromatic heterocycles. The summed E-state index contributed by atoms with van der Waals surface area (Å²) in [6, 6.07) is -0.622. The van der Waals surface area contributed by atoms with Crippen LogP contribution in [-0.2, 0) is 0 Å². The summed E-state index contributed by atoms with van der Waals surface area (Å²) >= 11 is 0. The van der Waals surface area contributed by atoms with E-state index >= 15 is 0 Å². The second-order valence-corrected chi connectivity index (χ2v) is 3.24. The molecule has 0 fully saturated rings. The highest BCUT2D eigenvalue weighted by Gasteiger charge is 2.34. The van der Waals surface area contributed by atoms with Crippen LogP contribution < -0.4 is 5.73 Å². The van der Waals surface area contributed by atoms with E-state index in [0.29, 0.717) is 0 Å². The minimum Gasteiger partial charge on any atom is -0.330 e. The summed E-state index contributed by atoms with van der Waals surface area (Å²) in [6.45, 7) is 0.145. The summed E-state index contributed by atoms with van der Waals surface area (Å²) in [5.74, 6) is 0. The highest BCUT2D eigenvalue weighted by atomic mass is 28.5. The summed E-state index contributed by atoms with van der Waals surface area (Å²) in [7, 11) is -5.26. The van der Waals surface area contributed by atoms with Gasteiger partial charge in [0.2, 0.25) is 0 Å². The number of hydrogen-bond donors (Lipinski definition) is 1. The molecule has 0 atom stereocenters. The molecule has 0 aromatic rings. The van der Waals surface area contributed by atoms with Crippen molar-refractivity contribution in [3.05, 3.63) is 0 Å². The molecule has 0 rings (SSSR count). The molecule has 0 amide bonds. The van der Waals surface area contributed by atoms with Crippen molar-refractivity contribution in [2.75, 3.05) is 6.54 Å². The van der Waals surface area contributed by atoms with E-state index in [1.54, 1.807) is 0 Å². The van der Waals surface area contributed by atoms with E-state index < -0.39 is 15.1 Å². The average molecular weight is 143 g/mol. The van der Waals surface area contributed by atoms with Crippen LogP contribution >= 0.6 is 0 Å². The Balaban J connectivity index is 3.11. The smallest absolute Gasteiger partial charge is 0.330 e. The van der Waals surface area contributed by atoms with Crippen molar-refractivity contribution in [2.24, 2.45) is 5.73 Å². The Bertz CT molecular complexity index is 62.0. The van der Waals surface area contributed by atoms with Gasteiger partial charge in [0.1, 0.15) is 0 Å². The number of rotatable bonds is 3. The van der Waals surface area contributed by atoms with Crippen LogP contribution in [0.3, 0.4) is 0 Å². The SMILES string of the molecule is NCCC[Si](F)(F)F. The molecular weight excluding hydrogens is 135 g/mol. The first-order valence-corrected chi connectivity index (χ1v) is 4.17. The second kappa shape index (κ2) is 3.08. The number of nitrogens with two attached hydrogens (primary N) is 1. The van der Waals surface area contributed by atoms with Crippen molar-refractivity contribution in [2.45, 2.75) is 12.5 Å². The van der Waals surface area contributed by atoms with E-state index in [4.69, 9.17) is 5.73 Å². The maximum absolute atomic E-state index is 11.3. The van der Waals surface area contributed by atoms with E-state index in [2.05, 4.69) is 0 Å². The minimum atomic E-state index is -5.26. The van der Waals surface area contributed by atoms with E-state index in [1.165, 1.54) is 0 Å². The zero-order chi connectivity index (χ0) is 6.62. The Morgan fingerprint density at radius 1 is 1.25 bits per heavy atom. The standard InChI is InChI=1S/C3H8F3NSi/c4-8(5,6)3-1-2-7/h1-3,7H2. The summed E-state index contributed by atoms with van der Waals surface area (Å²) in [5.41, 5.74) is 4.86. The quantitative estimate of drug-likeness (QED) is 0.466. The predicted octanol–water partition coefficient (Wildman–Crippen LogP) is 1.18. The number of halogens is 3. The second-order valence-electron chi connectivity index (χ2n) is 1.51. The third-order valence-electron chi connectivity index (χ3n) is 0.664. The van der Waals surface area contributed by atoms with Crippen LogP contribution in [0.4, 0.5) is 12.3 Å². The van der Waals surface area contributed by atoms with Crippen LogP contribution in [0.2, 0.25) is 6.04 Å². The van der Waals surface area contributed by atoms with Crippen molar-refractivity contribution < 1.29 is 12.3 Å². The van der Waals surface area contributed by atoms with E-state index in [0.717, 1.165) is 0 Å². The van der Waals surface area contributed by atoms with Gasteiger partial charge in [-0.15, -0.1) is 0 Å². The lowest BCUT2D eigenvalue weighted by Crippen LogP contribution is -2.15. The van der Waals surface area contributed by atoms with Crippen molar-refractivity contribution >= 4 is 9.08 Å². The minimum absolute atomic E-state index is 0.0930. The fraction of sp³-hybridized carbons (Fsp3) is 1.00. The van der Waals surface area contributed by atoms with Crippen LogP contribution in [0.15, 0.2) is 0 Å². The molecule has 0 aliphatic rings. The molecule has 2 N–H and O–H groups in total. The van der Waals surface area contributed by atoms with Crippen LogP contribution in [-0.4, -0.2) is 15.6 Å². The lowest BCUT2D eigenvalue weighted by atomic mass is 10.5. The van der Waals surface area contributed by atoms with Gasteiger partial charge in [-0.05, 0) is 13.0 Å². The van der Waals surface area contributed by atoms with Crippen molar-refractivity contribution in [3.63, 3.8) is 0 Å². The molecule has 50 valence electrons. The van der Waals surface area contributed by atoms with Gasteiger partial charge in [0.15, 0.2) is 0 Å². The highest BCUT2D eigenvalue weighted by Crippen LogP contribution is 2.15. The van der Waals surface area contributed by atoms with Gasteiger partial charge in [-0.25, -0.2) is 12.3 Å². The van der Waals surface area contributed by atoms with Gasteiger partial charge in [-0.3, -0.25) is 0 Å². The Hall–Kier alpha value is -0.0331. The Morgan fingerprint density at radius 3 is 1.88 bits per heavy atom. The third kappa shape index (κ3) is 5.97. The van der Waals surface area contributed by atoms with Crippen LogP contribution in [0.5, 0.6) is 0 Å². The van der Waals surface area contributed by atoms with E-state index in [9.17, 15) is 12.3 Å². The van der Waals surface area contributed by atoms with Crippen LogP contribution in [0.25, 0.3) is 0 Å². The highest BCUT2D eigenvalue weighted by molar-refractivity contribution is 6.58. The average Bonchev–Trinajstić information content (AvgIpc) is 1.59. The van der Waals surface area contributed by atoms with Crippen molar-refractivity contribution in [3.8, 4) is 0 Å². The third-order valence-corrected chi connectivity index (χ3v) is 1.58. The molecule has 0 saturated carbocycles. The molecule has 1 nitrogen and oxygen atoms in total. The molecule has 0 heterocycles. The van der Waals surface area contributed by atoms with Gasteiger partial charge in [0.25, 0.3) is 0 Å². The summed E-state index contributed by atoms with van der Waals surface area (Å²) in [6.07, 6.45) is 0.0930. The van der Waals surface area contributed by atoms with E-state index in [-0.39, 0.29) is 13.0 Å².